The van der Waals surface area contributed by atoms with Gasteiger partial charge in [-0.05, 0) is 51.9 Å². The smallest absolute Gasteiger partial charge is 0.407 e. The van der Waals surface area contributed by atoms with E-state index in [1.807, 2.05) is 20.8 Å². The van der Waals surface area contributed by atoms with Gasteiger partial charge in [0.15, 0.2) is 0 Å². The van der Waals surface area contributed by atoms with Crippen molar-refractivity contribution in [3.05, 3.63) is 0 Å². The van der Waals surface area contributed by atoms with Gasteiger partial charge in [0.2, 0.25) is 0 Å². The van der Waals surface area contributed by atoms with Gasteiger partial charge in [-0.15, -0.1) is 0 Å². The van der Waals surface area contributed by atoms with Gasteiger partial charge in [0.05, 0.1) is 0 Å². The zero-order valence-corrected chi connectivity index (χ0v) is 11.2. The highest BCUT2D eigenvalue weighted by molar-refractivity contribution is 5.68. The lowest BCUT2D eigenvalue weighted by Gasteiger charge is -2.33. The van der Waals surface area contributed by atoms with E-state index in [0.717, 1.165) is 18.8 Å². The van der Waals surface area contributed by atoms with E-state index in [4.69, 9.17) is 4.74 Å². The third-order valence-corrected chi connectivity index (χ3v) is 3.32. The molecule has 1 saturated carbocycles. The minimum Gasteiger partial charge on any atom is -0.444 e. The topological polar surface area (TPSA) is 38.3 Å². The van der Waals surface area contributed by atoms with Crippen LogP contribution in [0, 0.1) is 11.8 Å². The van der Waals surface area contributed by atoms with Crippen LogP contribution >= 0.6 is 0 Å². The average molecular weight is 227 g/mol. The standard InChI is InChI=1S/C13H25NO2/c1-9-6-7-11(8-10(9)2)14-12(15)16-13(3,4)5/h9-11H,6-8H2,1-5H3,(H,14,15)/t9-,10-,11-/m1/s1. The monoisotopic (exact) mass is 227 g/mol. The van der Waals surface area contributed by atoms with Crippen molar-refractivity contribution in [2.24, 2.45) is 11.8 Å². The molecule has 1 N–H and O–H groups in total. The second-order valence-electron chi connectivity index (χ2n) is 6.11. The van der Waals surface area contributed by atoms with Crippen LogP contribution in [-0.2, 0) is 4.74 Å². The molecule has 1 rings (SSSR count). The highest BCUT2D eigenvalue weighted by Crippen LogP contribution is 2.29. The Morgan fingerprint density at radius 2 is 1.81 bits per heavy atom. The second-order valence-corrected chi connectivity index (χ2v) is 6.11. The number of ether oxygens (including phenoxy) is 1. The number of carbonyl (C=O) groups excluding carboxylic acids is 1. The predicted molar refractivity (Wildman–Crippen MR) is 65.3 cm³/mol. The van der Waals surface area contributed by atoms with Gasteiger partial charge in [-0.1, -0.05) is 13.8 Å². The maximum absolute atomic E-state index is 11.6. The molecule has 0 aromatic carbocycles. The molecule has 3 heteroatoms. The Labute approximate surface area is 98.9 Å². The first-order valence-corrected chi connectivity index (χ1v) is 6.27. The van der Waals surface area contributed by atoms with Gasteiger partial charge in [-0.3, -0.25) is 0 Å². The summed E-state index contributed by atoms with van der Waals surface area (Å²) in [6, 6.07) is 0.293. The fourth-order valence-electron chi connectivity index (χ4n) is 2.15. The van der Waals surface area contributed by atoms with Crippen molar-refractivity contribution in [2.45, 2.75) is 65.5 Å². The van der Waals surface area contributed by atoms with E-state index in [1.54, 1.807) is 0 Å². The zero-order chi connectivity index (χ0) is 12.3. The van der Waals surface area contributed by atoms with Gasteiger partial charge in [-0.2, -0.15) is 0 Å². The van der Waals surface area contributed by atoms with Crippen LogP contribution in [0.25, 0.3) is 0 Å². The maximum Gasteiger partial charge on any atom is 0.407 e. The quantitative estimate of drug-likeness (QED) is 0.746. The van der Waals surface area contributed by atoms with Gasteiger partial charge in [0, 0.05) is 6.04 Å². The van der Waals surface area contributed by atoms with Crippen molar-refractivity contribution in [3.8, 4) is 0 Å². The van der Waals surface area contributed by atoms with Crippen molar-refractivity contribution >= 4 is 6.09 Å². The first-order chi connectivity index (χ1) is 7.28. The number of rotatable bonds is 1. The molecule has 0 unspecified atom stereocenters. The summed E-state index contributed by atoms with van der Waals surface area (Å²) in [6.45, 7) is 10.2. The SMILES string of the molecule is C[C@@H]1CC[C@@H](NC(=O)OC(C)(C)C)C[C@H]1C. The van der Waals surface area contributed by atoms with E-state index in [-0.39, 0.29) is 6.09 Å². The Hall–Kier alpha value is -0.730. The number of carbonyl (C=O) groups is 1. The molecule has 16 heavy (non-hydrogen) atoms. The molecular formula is C13H25NO2. The van der Waals surface area contributed by atoms with Crippen LogP contribution in [-0.4, -0.2) is 17.7 Å². The van der Waals surface area contributed by atoms with Crippen molar-refractivity contribution < 1.29 is 9.53 Å². The van der Waals surface area contributed by atoms with Crippen LogP contribution < -0.4 is 5.32 Å². The van der Waals surface area contributed by atoms with Gasteiger partial charge in [0.1, 0.15) is 5.60 Å². The lowest BCUT2D eigenvalue weighted by molar-refractivity contribution is 0.0477. The second kappa shape index (κ2) is 5.07. The van der Waals surface area contributed by atoms with E-state index in [9.17, 15) is 4.79 Å². The van der Waals surface area contributed by atoms with Crippen molar-refractivity contribution in [2.75, 3.05) is 0 Å². The number of amides is 1. The number of hydrogen-bond donors (Lipinski definition) is 1. The Kier molecular flexibility index (Phi) is 4.22. The lowest BCUT2D eigenvalue weighted by atomic mass is 9.79. The number of hydrogen-bond acceptors (Lipinski definition) is 2. The zero-order valence-electron chi connectivity index (χ0n) is 11.2. The van der Waals surface area contributed by atoms with Crippen LogP contribution in [0.15, 0.2) is 0 Å². The summed E-state index contributed by atoms with van der Waals surface area (Å²) in [5.74, 6) is 1.46. The van der Waals surface area contributed by atoms with Crippen LogP contribution in [0.2, 0.25) is 0 Å². The van der Waals surface area contributed by atoms with E-state index >= 15 is 0 Å². The minimum absolute atomic E-state index is 0.278. The summed E-state index contributed by atoms with van der Waals surface area (Å²) >= 11 is 0. The Morgan fingerprint density at radius 1 is 1.19 bits per heavy atom. The molecule has 0 radical (unpaired) electrons. The van der Waals surface area contributed by atoms with E-state index in [0.29, 0.717) is 12.0 Å². The van der Waals surface area contributed by atoms with Gasteiger partial charge in [0.25, 0.3) is 0 Å². The number of alkyl carbamates (subject to hydrolysis) is 1. The summed E-state index contributed by atoms with van der Waals surface area (Å²) in [5, 5.41) is 2.97. The molecule has 0 bridgehead atoms. The Morgan fingerprint density at radius 3 is 2.31 bits per heavy atom. The fraction of sp³-hybridized carbons (Fsp3) is 0.923. The molecule has 0 aromatic rings. The Balaban J connectivity index is 2.35. The van der Waals surface area contributed by atoms with E-state index in [2.05, 4.69) is 19.2 Å². The van der Waals surface area contributed by atoms with Gasteiger partial charge in [-0.25, -0.2) is 4.79 Å². The molecule has 1 aliphatic rings. The van der Waals surface area contributed by atoms with E-state index < -0.39 is 5.60 Å². The minimum atomic E-state index is -0.405. The lowest BCUT2D eigenvalue weighted by Crippen LogP contribution is -2.42. The molecule has 0 aliphatic heterocycles. The van der Waals surface area contributed by atoms with E-state index in [1.165, 1.54) is 6.42 Å². The molecule has 0 saturated heterocycles. The normalized spacial score (nSPS) is 30.9. The van der Waals surface area contributed by atoms with Crippen LogP contribution in [0.4, 0.5) is 4.79 Å². The Bertz CT molecular complexity index is 245. The largest absolute Gasteiger partial charge is 0.444 e. The fourth-order valence-corrected chi connectivity index (χ4v) is 2.15. The first-order valence-electron chi connectivity index (χ1n) is 6.27. The van der Waals surface area contributed by atoms with Crippen molar-refractivity contribution in [1.29, 1.82) is 0 Å². The van der Waals surface area contributed by atoms with Crippen molar-refractivity contribution in [3.63, 3.8) is 0 Å². The van der Waals surface area contributed by atoms with Crippen LogP contribution in [0.1, 0.15) is 53.9 Å². The molecule has 1 amide bonds. The maximum atomic E-state index is 11.6. The molecule has 94 valence electrons. The van der Waals surface area contributed by atoms with Gasteiger partial charge < -0.3 is 10.1 Å². The first kappa shape index (κ1) is 13.3. The van der Waals surface area contributed by atoms with Crippen LogP contribution in [0.3, 0.4) is 0 Å². The summed E-state index contributed by atoms with van der Waals surface area (Å²) in [5.41, 5.74) is -0.405. The van der Waals surface area contributed by atoms with Crippen LogP contribution in [0.5, 0.6) is 0 Å². The highest BCUT2D eigenvalue weighted by atomic mass is 16.6. The molecule has 0 heterocycles. The average Bonchev–Trinajstić information content (AvgIpc) is 2.08. The molecule has 1 fully saturated rings. The summed E-state index contributed by atoms with van der Waals surface area (Å²) in [7, 11) is 0. The summed E-state index contributed by atoms with van der Waals surface area (Å²) in [6.07, 6.45) is 3.06. The molecular weight excluding hydrogens is 202 g/mol. The van der Waals surface area contributed by atoms with Gasteiger partial charge >= 0.3 is 6.09 Å². The molecule has 3 atom stereocenters. The molecule has 1 aliphatic carbocycles. The summed E-state index contributed by atoms with van der Waals surface area (Å²) < 4.78 is 5.25. The highest BCUT2D eigenvalue weighted by Gasteiger charge is 2.26. The third-order valence-electron chi connectivity index (χ3n) is 3.32. The van der Waals surface area contributed by atoms with Crippen molar-refractivity contribution in [1.82, 2.24) is 5.32 Å². The summed E-state index contributed by atoms with van der Waals surface area (Å²) in [4.78, 5) is 11.6. The molecule has 0 aromatic heterocycles. The molecule has 0 spiro atoms. The number of nitrogens with one attached hydrogen (secondary N) is 1. The predicted octanol–water partition coefficient (Wildman–Crippen LogP) is 3.34. The third kappa shape index (κ3) is 4.42. The molecule has 3 nitrogen and oxygen atoms in total.